The number of ether oxygens (including phenoxy) is 4. The molecular weight excluding hydrogens is 516 g/mol. The van der Waals surface area contributed by atoms with Crippen LogP contribution in [0.1, 0.15) is 36.7 Å². The van der Waals surface area contributed by atoms with Crippen LogP contribution in [0, 0.1) is 0 Å². The van der Waals surface area contributed by atoms with Crippen LogP contribution in [0.4, 0.5) is 31.1 Å². The van der Waals surface area contributed by atoms with Gasteiger partial charge in [0.2, 0.25) is 0 Å². The maximum Gasteiger partial charge on any atom is 0.422 e. The van der Waals surface area contributed by atoms with Gasteiger partial charge in [0.05, 0.1) is 19.8 Å². The van der Waals surface area contributed by atoms with Crippen molar-refractivity contribution in [2.24, 2.45) is 0 Å². The zero-order valence-electron chi connectivity index (χ0n) is 20.3. The summed E-state index contributed by atoms with van der Waals surface area (Å²) in [5, 5.41) is -1.15. The first kappa shape index (κ1) is 29.5. The summed E-state index contributed by atoms with van der Waals surface area (Å²) in [5.74, 6) is -3.96. The summed E-state index contributed by atoms with van der Waals surface area (Å²) in [6.45, 7) is 1.53. The van der Waals surface area contributed by atoms with Gasteiger partial charge in [0.1, 0.15) is 29.2 Å². The monoisotopic (exact) mass is 539 g/mol. The smallest absolute Gasteiger partial charge is 0.422 e. The summed E-state index contributed by atoms with van der Waals surface area (Å²) in [7, 11) is 1.83. The minimum absolute atomic E-state index is 0.181. The molecule has 0 aliphatic carbocycles. The van der Waals surface area contributed by atoms with Crippen molar-refractivity contribution in [3.63, 3.8) is 0 Å². The van der Waals surface area contributed by atoms with Crippen LogP contribution in [0.2, 0.25) is 0 Å². The second-order valence-corrected chi connectivity index (χ2v) is 8.53. The lowest BCUT2D eigenvalue weighted by atomic mass is 9.97. The van der Waals surface area contributed by atoms with Gasteiger partial charge in [-0.2, -0.15) is 26.3 Å². The number of benzene rings is 2. The third-order valence-electron chi connectivity index (χ3n) is 4.58. The molecule has 0 fully saturated rings. The number of halogens is 6. The summed E-state index contributed by atoms with van der Waals surface area (Å²) < 4.78 is 99.3. The number of carbonyl (C=O) groups excluding carboxylic acids is 3. The minimum Gasteiger partial charge on any atom is -0.496 e. The highest BCUT2D eigenvalue weighted by molar-refractivity contribution is 6.15. The third-order valence-corrected chi connectivity index (χ3v) is 4.58. The van der Waals surface area contributed by atoms with Gasteiger partial charge in [-0.15, -0.1) is 0 Å². The molecule has 0 aliphatic heterocycles. The van der Waals surface area contributed by atoms with E-state index in [1.807, 2.05) is 0 Å². The number of hydrogen-bond donors (Lipinski definition) is 0. The van der Waals surface area contributed by atoms with Crippen molar-refractivity contribution in [2.75, 3.05) is 27.4 Å². The number of fused-ring (bicyclic) bond motifs is 1. The summed E-state index contributed by atoms with van der Waals surface area (Å²) in [4.78, 5) is 38.4. The molecule has 0 aliphatic rings. The molecule has 0 bridgehead atoms. The molecule has 0 aromatic heterocycles. The molecule has 14 heteroatoms. The Hall–Kier alpha value is -3.71. The molecule has 2 amide bonds. The maximum atomic E-state index is 13.9. The van der Waals surface area contributed by atoms with Crippen LogP contribution in [-0.4, -0.2) is 62.0 Å². The lowest BCUT2D eigenvalue weighted by Gasteiger charge is -2.25. The zero-order valence-corrected chi connectivity index (χ0v) is 20.3. The Labute approximate surface area is 207 Å². The van der Waals surface area contributed by atoms with Crippen LogP contribution in [0.3, 0.4) is 0 Å². The summed E-state index contributed by atoms with van der Waals surface area (Å²) in [5.41, 5.74) is -3.20. The highest BCUT2D eigenvalue weighted by atomic mass is 19.4. The van der Waals surface area contributed by atoms with E-state index >= 15 is 0 Å². The van der Waals surface area contributed by atoms with Crippen molar-refractivity contribution in [1.29, 1.82) is 0 Å². The molecule has 204 valence electrons. The average Bonchev–Trinajstić information content (AvgIpc) is 2.76. The molecule has 0 heterocycles. The van der Waals surface area contributed by atoms with Crippen molar-refractivity contribution < 1.29 is 59.7 Å². The van der Waals surface area contributed by atoms with Gasteiger partial charge in [0, 0.05) is 0 Å². The minimum atomic E-state index is -5.00. The maximum absolute atomic E-state index is 13.9. The Bertz CT molecular complexity index is 1190. The Kier molecular flexibility index (Phi) is 8.56. The molecule has 0 saturated carbocycles. The second-order valence-electron chi connectivity index (χ2n) is 8.53. The number of imide groups is 1. The van der Waals surface area contributed by atoms with E-state index in [9.17, 15) is 40.7 Å². The van der Waals surface area contributed by atoms with E-state index < -0.39 is 82.5 Å². The van der Waals surface area contributed by atoms with Crippen LogP contribution in [0.5, 0.6) is 11.5 Å². The van der Waals surface area contributed by atoms with Crippen LogP contribution < -0.4 is 9.47 Å². The second kappa shape index (κ2) is 10.7. The van der Waals surface area contributed by atoms with Gasteiger partial charge in [0.25, 0.3) is 5.91 Å². The first-order valence-corrected chi connectivity index (χ1v) is 10.4. The molecule has 2 aromatic carbocycles. The molecule has 0 saturated heterocycles. The van der Waals surface area contributed by atoms with Crippen LogP contribution in [-0.2, 0) is 20.4 Å². The van der Waals surface area contributed by atoms with Crippen molar-refractivity contribution in [3.8, 4) is 11.5 Å². The third kappa shape index (κ3) is 7.40. The Balaban J connectivity index is 2.80. The molecule has 2 aromatic rings. The first-order chi connectivity index (χ1) is 16.9. The van der Waals surface area contributed by atoms with Crippen LogP contribution >= 0.6 is 0 Å². The van der Waals surface area contributed by atoms with Gasteiger partial charge in [-0.05, 0) is 55.8 Å². The van der Waals surface area contributed by atoms with E-state index in [1.165, 1.54) is 20.8 Å². The van der Waals surface area contributed by atoms with Gasteiger partial charge >= 0.3 is 24.4 Å². The molecular formula is C23H23F6NO7. The van der Waals surface area contributed by atoms with E-state index in [2.05, 4.69) is 4.74 Å². The predicted molar refractivity (Wildman–Crippen MR) is 116 cm³/mol. The number of amides is 2. The number of methoxy groups -OCH3 is 2. The van der Waals surface area contributed by atoms with Crippen LogP contribution in [0.15, 0.2) is 24.3 Å². The molecule has 0 atom stereocenters. The number of alkyl halides is 6. The molecule has 0 N–H and O–H groups in total. The fraction of sp³-hybridized carbons (Fsp3) is 0.435. The number of hydrogen-bond acceptors (Lipinski definition) is 7. The van der Waals surface area contributed by atoms with Crippen molar-refractivity contribution in [1.82, 2.24) is 4.90 Å². The lowest BCUT2D eigenvalue weighted by Crippen LogP contribution is -2.42. The predicted octanol–water partition coefficient (Wildman–Crippen LogP) is 5.36. The summed E-state index contributed by atoms with van der Waals surface area (Å²) in [6, 6.07) is 3.37. The number of esters is 1. The van der Waals surface area contributed by atoms with E-state index in [0.29, 0.717) is 0 Å². The lowest BCUT2D eigenvalue weighted by molar-refractivity contribution is -0.155. The molecule has 8 nitrogen and oxygen atoms in total. The molecule has 37 heavy (non-hydrogen) atoms. The van der Waals surface area contributed by atoms with Gasteiger partial charge < -0.3 is 18.9 Å². The van der Waals surface area contributed by atoms with Crippen molar-refractivity contribution >= 4 is 28.7 Å². The van der Waals surface area contributed by atoms with Gasteiger partial charge in [0.15, 0.2) is 6.61 Å². The van der Waals surface area contributed by atoms with Gasteiger partial charge in [-0.3, -0.25) is 9.59 Å². The Morgan fingerprint density at radius 1 is 0.865 bits per heavy atom. The normalized spacial score (nSPS) is 12.2. The van der Waals surface area contributed by atoms with E-state index in [4.69, 9.17) is 14.2 Å². The Morgan fingerprint density at radius 2 is 1.43 bits per heavy atom. The fourth-order valence-electron chi connectivity index (χ4n) is 3.30. The van der Waals surface area contributed by atoms with E-state index in [0.717, 1.165) is 38.5 Å². The van der Waals surface area contributed by atoms with Crippen LogP contribution in [0.25, 0.3) is 10.8 Å². The van der Waals surface area contributed by atoms with E-state index in [-0.39, 0.29) is 4.90 Å². The topological polar surface area (TPSA) is 91.4 Å². The Morgan fingerprint density at radius 3 is 1.92 bits per heavy atom. The fourth-order valence-corrected chi connectivity index (χ4v) is 3.30. The van der Waals surface area contributed by atoms with Gasteiger partial charge in [-0.25, -0.2) is 9.69 Å². The van der Waals surface area contributed by atoms with Crippen molar-refractivity contribution in [2.45, 2.75) is 38.7 Å². The quantitative estimate of drug-likeness (QED) is 0.361. The molecule has 0 unspecified atom stereocenters. The highest BCUT2D eigenvalue weighted by Gasteiger charge is 2.39. The zero-order chi connectivity index (χ0) is 28.3. The average molecular weight is 539 g/mol. The standard InChI is InChI=1S/C23H23F6NO7/c1-21(2,3)37-16(31)10-30(20(33)35-5)19(32)17-12-6-9-15(34-4)18(23(27,28)29)13(12)7-8-14(17)36-11-22(24,25)26/h6-9H,10-11H2,1-5H3. The number of rotatable bonds is 6. The molecule has 2 rings (SSSR count). The summed E-state index contributed by atoms with van der Waals surface area (Å²) >= 11 is 0. The first-order valence-electron chi connectivity index (χ1n) is 10.4. The van der Waals surface area contributed by atoms with Gasteiger partial charge in [-0.1, -0.05) is 0 Å². The SMILES string of the molecule is COC(=O)N(CC(=O)OC(C)(C)C)C(=O)c1c(OCC(F)(F)F)ccc2c(C(F)(F)F)c(OC)ccc12. The molecule has 0 radical (unpaired) electrons. The van der Waals surface area contributed by atoms with E-state index in [1.54, 1.807) is 0 Å². The largest absolute Gasteiger partial charge is 0.496 e. The van der Waals surface area contributed by atoms with Crippen molar-refractivity contribution in [3.05, 3.63) is 35.4 Å². The molecule has 0 spiro atoms. The summed E-state index contributed by atoms with van der Waals surface area (Å²) in [6.07, 6.45) is -11.3. The highest BCUT2D eigenvalue weighted by Crippen LogP contribution is 2.43. The number of nitrogens with zero attached hydrogens (tertiary/aromatic N) is 1. The number of carbonyl (C=O) groups is 3.